The van der Waals surface area contributed by atoms with E-state index in [0.29, 0.717) is 13.0 Å². The first-order valence-electron chi connectivity index (χ1n) is 9.52. The Labute approximate surface area is 181 Å². The van der Waals surface area contributed by atoms with Gasteiger partial charge in [-0.15, -0.1) is 0 Å². The number of sulfonamides is 2. The van der Waals surface area contributed by atoms with Crippen LogP contribution in [-0.4, -0.2) is 81.0 Å². The summed E-state index contributed by atoms with van der Waals surface area (Å²) in [6, 6.07) is 7.46. The number of benzene rings is 1. The lowest BCUT2D eigenvalue weighted by Gasteiger charge is -2.24. The Hall–Kier alpha value is -2.41. The van der Waals surface area contributed by atoms with E-state index >= 15 is 0 Å². The lowest BCUT2D eigenvalue weighted by Crippen LogP contribution is -2.43. The summed E-state index contributed by atoms with van der Waals surface area (Å²) in [5.74, 6) is -0.951. The van der Waals surface area contributed by atoms with Gasteiger partial charge in [-0.1, -0.05) is 0 Å². The van der Waals surface area contributed by atoms with Gasteiger partial charge < -0.3 is 4.90 Å². The monoisotopic (exact) mass is 470 g/mol. The summed E-state index contributed by atoms with van der Waals surface area (Å²) in [6.07, 6.45) is 3.05. The topological polar surface area (TPSA) is 108 Å². The van der Waals surface area contributed by atoms with Gasteiger partial charge in [-0.3, -0.25) is 9.78 Å². The van der Waals surface area contributed by atoms with Crippen molar-refractivity contribution in [2.24, 2.45) is 0 Å². The molecule has 2 heterocycles. The molecule has 1 aliphatic heterocycles. The van der Waals surface area contributed by atoms with Gasteiger partial charge in [-0.05, 0) is 42.8 Å². The molecular weight excluding hydrogens is 447 g/mol. The van der Waals surface area contributed by atoms with Crippen LogP contribution in [0.3, 0.4) is 0 Å². The number of amides is 1. The van der Waals surface area contributed by atoms with Crippen molar-refractivity contribution in [2.45, 2.75) is 16.2 Å². The van der Waals surface area contributed by atoms with Gasteiger partial charge in [0.05, 0.1) is 11.4 Å². The number of carbonyl (C=O) groups excluding carboxylic acids is 1. The fraction of sp³-hybridized carbons (Fsp3) is 0.368. The van der Waals surface area contributed by atoms with Gasteiger partial charge in [-0.25, -0.2) is 21.2 Å². The van der Waals surface area contributed by atoms with Crippen molar-refractivity contribution < 1.29 is 26.0 Å². The van der Waals surface area contributed by atoms with Crippen LogP contribution in [0.1, 0.15) is 6.42 Å². The van der Waals surface area contributed by atoms with Gasteiger partial charge in [0.15, 0.2) is 0 Å². The highest BCUT2D eigenvalue weighted by Crippen LogP contribution is 2.19. The van der Waals surface area contributed by atoms with Crippen molar-refractivity contribution in [2.75, 3.05) is 39.8 Å². The van der Waals surface area contributed by atoms with Crippen LogP contribution in [0.15, 0.2) is 58.6 Å². The zero-order chi connectivity index (χ0) is 22.6. The second-order valence-electron chi connectivity index (χ2n) is 7.04. The molecule has 1 fully saturated rings. The molecule has 0 atom stereocenters. The molecule has 9 nitrogen and oxygen atoms in total. The van der Waals surface area contributed by atoms with Crippen LogP contribution in [0.25, 0.3) is 0 Å². The minimum Gasteiger partial charge on any atom is -0.340 e. The van der Waals surface area contributed by atoms with E-state index in [1.54, 1.807) is 0 Å². The second-order valence-corrected chi connectivity index (χ2v) is 11.0. The number of aromatic nitrogens is 1. The summed E-state index contributed by atoms with van der Waals surface area (Å²) in [7, 11) is -6.38. The number of nitrogens with zero attached hydrogens (tertiary/aromatic N) is 4. The maximum atomic E-state index is 13.1. The van der Waals surface area contributed by atoms with Crippen LogP contribution in [0.5, 0.6) is 0 Å². The Bertz CT molecular complexity index is 1130. The van der Waals surface area contributed by atoms with Crippen molar-refractivity contribution >= 4 is 26.0 Å². The van der Waals surface area contributed by atoms with Gasteiger partial charge in [-0.2, -0.15) is 8.61 Å². The zero-order valence-electron chi connectivity index (χ0n) is 16.9. The van der Waals surface area contributed by atoms with Crippen LogP contribution >= 0.6 is 0 Å². The molecule has 0 saturated carbocycles. The Kier molecular flexibility index (Phi) is 7.04. The van der Waals surface area contributed by atoms with Gasteiger partial charge in [0, 0.05) is 45.6 Å². The molecule has 0 radical (unpaired) electrons. The average molecular weight is 471 g/mol. The molecule has 0 unspecified atom stereocenters. The molecule has 2 aromatic rings. The van der Waals surface area contributed by atoms with Crippen LogP contribution in [0, 0.1) is 5.82 Å². The van der Waals surface area contributed by atoms with Crippen LogP contribution in [-0.2, 0) is 24.8 Å². The highest BCUT2D eigenvalue weighted by Gasteiger charge is 2.30. The number of halogens is 1. The molecular formula is C19H23FN4O5S2. The molecule has 1 amide bonds. The number of pyridine rings is 1. The smallest absolute Gasteiger partial charge is 0.244 e. The van der Waals surface area contributed by atoms with E-state index in [9.17, 15) is 26.0 Å². The number of rotatable bonds is 6. The minimum atomic E-state index is -3.87. The molecule has 0 aliphatic carbocycles. The minimum absolute atomic E-state index is 0.0160. The van der Waals surface area contributed by atoms with Gasteiger partial charge in [0.25, 0.3) is 0 Å². The van der Waals surface area contributed by atoms with Crippen LogP contribution in [0.4, 0.5) is 4.39 Å². The lowest BCUT2D eigenvalue weighted by atomic mass is 10.4. The summed E-state index contributed by atoms with van der Waals surface area (Å²) in [4.78, 5) is 17.9. The van der Waals surface area contributed by atoms with Crippen molar-refractivity contribution in [3.05, 3.63) is 54.6 Å². The summed E-state index contributed by atoms with van der Waals surface area (Å²) in [5, 5.41) is 0. The lowest BCUT2D eigenvalue weighted by molar-refractivity contribution is -0.131. The zero-order valence-corrected chi connectivity index (χ0v) is 18.5. The average Bonchev–Trinajstić information content (AvgIpc) is 3.01. The van der Waals surface area contributed by atoms with Crippen LogP contribution < -0.4 is 0 Å². The highest BCUT2D eigenvalue weighted by molar-refractivity contribution is 7.89. The van der Waals surface area contributed by atoms with Gasteiger partial charge in [0.1, 0.15) is 10.7 Å². The van der Waals surface area contributed by atoms with E-state index in [0.717, 1.165) is 16.4 Å². The number of likely N-dealkylation sites (N-methyl/N-ethyl adjacent to an activating group) is 1. The van der Waals surface area contributed by atoms with E-state index in [1.165, 1.54) is 52.9 Å². The van der Waals surface area contributed by atoms with Crippen molar-refractivity contribution in [1.29, 1.82) is 0 Å². The molecule has 1 aromatic heterocycles. The summed E-state index contributed by atoms with van der Waals surface area (Å²) in [5.41, 5.74) is 0. The molecule has 1 aliphatic rings. The van der Waals surface area contributed by atoms with Crippen LogP contribution in [0.2, 0.25) is 0 Å². The largest absolute Gasteiger partial charge is 0.340 e. The Morgan fingerprint density at radius 2 is 1.74 bits per heavy atom. The first-order chi connectivity index (χ1) is 14.6. The third-order valence-electron chi connectivity index (χ3n) is 4.96. The Morgan fingerprint density at radius 3 is 2.39 bits per heavy atom. The molecule has 0 N–H and O–H groups in total. The van der Waals surface area contributed by atoms with Gasteiger partial charge >= 0.3 is 0 Å². The predicted molar refractivity (Wildman–Crippen MR) is 110 cm³/mol. The Balaban J connectivity index is 1.65. The van der Waals surface area contributed by atoms with E-state index in [4.69, 9.17) is 0 Å². The molecule has 1 aromatic carbocycles. The number of carbonyl (C=O) groups is 1. The van der Waals surface area contributed by atoms with Crippen molar-refractivity contribution in [3.63, 3.8) is 0 Å². The fourth-order valence-corrected chi connectivity index (χ4v) is 5.75. The first-order valence-corrected chi connectivity index (χ1v) is 12.4. The van der Waals surface area contributed by atoms with E-state index in [2.05, 4.69) is 4.98 Å². The summed E-state index contributed by atoms with van der Waals surface area (Å²) in [6.45, 7) is 0.314. The number of hydrogen-bond donors (Lipinski definition) is 0. The molecule has 1 saturated heterocycles. The SMILES string of the molecule is CN(CC(=O)N1CCCN(S(=O)(=O)c2ccc(F)cc2)CC1)S(=O)(=O)c1cccnc1. The molecule has 0 spiro atoms. The van der Waals surface area contributed by atoms with E-state index < -0.39 is 31.8 Å². The third-order valence-corrected chi connectivity index (χ3v) is 8.66. The maximum absolute atomic E-state index is 13.1. The quantitative estimate of drug-likeness (QED) is 0.617. The highest BCUT2D eigenvalue weighted by atomic mass is 32.2. The predicted octanol–water partition coefficient (Wildman–Crippen LogP) is 0.764. The molecule has 31 heavy (non-hydrogen) atoms. The summed E-state index contributed by atoms with van der Waals surface area (Å²) < 4.78 is 66.1. The van der Waals surface area contributed by atoms with E-state index in [-0.39, 0.29) is 36.0 Å². The Morgan fingerprint density at radius 1 is 1.03 bits per heavy atom. The maximum Gasteiger partial charge on any atom is 0.244 e. The number of hydrogen-bond acceptors (Lipinski definition) is 6. The normalized spacial score (nSPS) is 16.3. The second kappa shape index (κ2) is 9.39. The molecule has 12 heteroatoms. The third kappa shape index (κ3) is 5.26. The van der Waals surface area contributed by atoms with Crippen molar-refractivity contribution in [1.82, 2.24) is 18.5 Å². The summed E-state index contributed by atoms with van der Waals surface area (Å²) >= 11 is 0. The van der Waals surface area contributed by atoms with Crippen molar-refractivity contribution in [3.8, 4) is 0 Å². The fourth-order valence-electron chi connectivity index (χ4n) is 3.19. The molecule has 0 bridgehead atoms. The van der Waals surface area contributed by atoms with Gasteiger partial charge in [0.2, 0.25) is 26.0 Å². The molecule has 3 rings (SSSR count). The first kappa shape index (κ1) is 23.3. The standard InChI is InChI=1S/C19H23FN4O5S2/c1-22(30(26,27)18-4-2-9-21-14-18)15-19(25)23-10-3-11-24(13-12-23)31(28,29)17-7-5-16(20)6-8-17/h2,4-9,14H,3,10-13,15H2,1H3. The van der Waals surface area contributed by atoms with E-state index in [1.807, 2.05) is 0 Å². The molecule has 168 valence electrons.